The van der Waals surface area contributed by atoms with E-state index in [4.69, 9.17) is 9.47 Å². The summed E-state index contributed by atoms with van der Waals surface area (Å²) in [7, 11) is 1.84. The molecule has 6 aromatic rings. The molecule has 4 heteroatoms. The van der Waals surface area contributed by atoms with Crippen molar-refractivity contribution in [1.29, 1.82) is 0 Å². The summed E-state index contributed by atoms with van der Waals surface area (Å²) in [5, 5.41) is 9.49. The summed E-state index contributed by atoms with van der Waals surface area (Å²) >= 11 is 0. The Balaban J connectivity index is 1.44. The lowest BCUT2D eigenvalue weighted by Crippen LogP contribution is -2.47. The van der Waals surface area contributed by atoms with Crippen LogP contribution in [-0.2, 0) is 12.3 Å². The van der Waals surface area contributed by atoms with Gasteiger partial charge in [0.05, 0.1) is 14.2 Å². The van der Waals surface area contributed by atoms with Gasteiger partial charge in [0.2, 0.25) is 0 Å². The zero-order chi connectivity index (χ0) is 27.9. The second-order valence-electron chi connectivity index (χ2n) is 10.7. The maximum atomic E-state index is 5.86. The first kappa shape index (κ1) is 26.0. The quantitative estimate of drug-likeness (QED) is 0.157. The number of fused-ring (bicyclic) bond motifs is 7. The van der Waals surface area contributed by atoms with Gasteiger partial charge in [-0.15, -0.1) is 0 Å². The maximum Gasteiger partial charge on any atom is 0.129 e. The van der Waals surface area contributed by atoms with Crippen LogP contribution in [0, 0.1) is 0 Å². The van der Waals surface area contributed by atoms with E-state index in [1.54, 1.807) is 14.2 Å². The first-order chi connectivity index (χ1) is 20.2. The molecule has 41 heavy (non-hydrogen) atoms. The summed E-state index contributed by atoms with van der Waals surface area (Å²) in [5.74, 6) is 1.83. The van der Waals surface area contributed by atoms with Gasteiger partial charge < -0.3 is 9.47 Å². The van der Waals surface area contributed by atoms with Gasteiger partial charge in [0.1, 0.15) is 20.3 Å². The number of methoxy groups -OCH3 is 2. The van der Waals surface area contributed by atoms with Crippen LogP contribution >= 0.6 is 7.92 Å². The van der Waals surface area contributed by atoms with Crippen LogP contribution < -0.4 is 25.2 Å². The molecule has 0 aliphatic carbocycles. The van der Waals surface area contributed by atoms with Crippen molar-refractivity contribution in [2.75, 3.05) is 14.2 Å². The van der Waals surface area contributed by atoms with E-state index in [1.165, 1.54) is 59.5 Å². The average Bonchev–Trinajstić information content (AvgIpc) is 3.21. The minimum Gasteiger partial charge on any atom is -0.497 e. The van der Waals surface area contributed by atoms with Gasteiger partial charge in [0, 0.05) is 5.19 Å². The summed E-state index contributed by atoms with van der Waals surface area (Å²) in [4.78, 5) is 0. The fourth-order valence-corrected chi connectivity index (χ4v) is 12.2. The highest BCUT2D eigenvalue weighted by Crippen LogP contribution is 2.52. The monoisotopic (exact) mass is 567 g/mol. The van der Waals surface area contributed by atoms with Crippen LogP contribution in [0.3, 0.4) is 0 Å². The van der Waals surface area contributed by atoms with E-state index >= 15 is 0 Å². The third-order valence-corrected chi connectivity index (χ3v) is 13.7. The maximum absolute atomic E-state index is 5.86. The predicted molar refractivity (Wildman–Crippen MR) is 178 cm³/mol. The molecule has 0 bridgehead atoms. The van der Waals surface area contributed by atoms with Crippen LogP contribution in [0.1, 0.15) is 11.1 Å². The third-order valence-electron chi connectivity index (χ3n) is 8.45. The van der Waals surface area contributed by atoms with Crippen LogP contribution in [0.4, 0.5) is 0 Å². The van der Waals surface area contributed by atoms with Gasteiger partial charge >= 0.3 is 0 Å². The van der Waals surface area contributed by atoms with E-state index in [2.05, 4.69) is 116 Å². The molecule has 1 heterocycles. The minimum atomic E-state index is -1.17. The fraction of sp³-hybridized carbons (Fsp3) is 0.135. The Labute approximate surface area is 244 Å². The molecule has 0 saturated heterocycles. The Hall–Kier alpha value is -3.91. The zero-order valence-corrected chi connectivity index (χ0v) is 25.5. The van der Waals surface area contributed by atoms with Gasteiger partial charge in [0.15, 0.2) is 0 Å². The van der Waals surface area contributed by atoms with E-state index in [1.807, 2.05) is 6.07 Å². The first-order valence-corrected chi connectivity index (χ1v) is 17.8. The molecule has 0 N–H and O–H groups in total. The SMILES string of the molecule is COc1cccc(OC)c1[Si](C)c1ccccc1P1Cc2ccc3ccccc3c2-c2c(ccc3ccccc23)C1. The topological polar surface area (TPSA) is 18.5 Å². The van der Waals surface area contributed by atoms with Crippen molar-refractivity contribution in [2.45, 2.75) is 18.9 Å². The lowest BCUT2D eigenvalue weighted by Gasteiger charge is -2.25. The van der Waals surface area contributed by atoms with Gasteiger partial charge in [0.25, 0.3) is 0 Å². The van der Waals surface area contributed by atoms with Crippen molar-refractivity contribution < 1.29 is 9.47 Å². The second-order valence-corrected chi connectivity index (χ2v) is 15.2. The summed E-state index contributed by atoms with van der Waals surface area (Å²) in [6, 6.07) is 42.5. The van der Waals surface area contributed by atoms with Crippen LogP contribution in [0.15, 0.2) is 115 Å². The molecule has 1 aliphatic rings. The van der Waals surface area contributed by atoms with Crippen LogP contribution in [-0.4, -0.2) is 23.0 Å². The van der Waals surface area contributed by atoms with Crippen molar-refractivity contribution in [3.8, 4) is 22.6 Å². The molecular formula is C37H32O2PSi. The Morgan fingerprint density at radius 2 is 1.07 bits per heavy atom. The molecule has 6 aromatic carbocycles. The molecule has 0 unspecified atom stereocenters. The van der Waals surface area contributed by atoms with E-state index in [9.17, 15) is 0 Å². The Kier molecular flexibility index (Phi) is 6.86. The molecule has 0 spiro atoms. The van der Waals surface area contributed by atoms with Gasteiger partial charge in [-0.05, 0) is 78.7 Å². The summed E-state index contributed by atoms with van der Waals surface area (Å²) in [5.41, 5.74) is 5.76. The van der Waals surface area contributed by atoms with Gasteiger partial charge in [-0.25, -0.2) is 0 Å². The van der Waals surface area contributed by atoms with Crippen LogP contribution in [0.25, 0.3) is 32.7 Å². The molecule has 1 aliphatic heterocycles. The molecule has 0 fully saturated rings. The highest BCUT2D eigenvalue weighted by atomic mass is 31.1. The number of hydrogen-bond acceptors (Lipinski definition) is 2. The van der Waals surface area contributed by atoms with Crippen molar-refractivity contribution in [3.63, 3.8) is 0 Å². The van der Waals surface area contributed by atoms with E-state index in [0.717, 1.165) is 23.8 Å². The standard InChI is InChI=1S/C37H32O2PSi/c1-38-31-15-10-16-32(39-2)37(31)41(3)34-18-9-8-17-33(34)40-23-27-21-19-25-11-4-6-13-29(25)35(27)36-28(24-40)22-20-26-12-5-7-14-30(26)36/h4-22H,23-24H2,1-3H3. The molecule has 7 rings (SSSR count). The lowest BCUT2D eigenvalue weighted by molar-refractivity contribution is 0.400. The van der Waals surface area contributed by atoms with Crippen molar-refractivity contribution in [2.24, 2.45) is 0 Å². The van der Waals surface area contributed by atoms with Gasteiger partial charge in [-0.2, -0.15) is 0 Å². The highest BCUT2D eigenvalue weighted by Gasteiger charge is 2.29. The van der Waals surface area contributed by atoms with E-state index in [-0.39, 0.29) is 0 Å². The number of hydrogen-bond donors (Lipinski definition) is 0. The molecule has 0 amide bonds. The lowest BCUT2D eigenvalue weighted by atomic mass is 9.88. The Bertz CT molecular complexity index is 1800. The molecular weight excluding hydrogens is 535 g/mol. The molecule has 0 aromatic heterocycles. The average molecular weight is 568 g/mol. The van der Waals surface area contributed by atoms with Gasteiger partial charge in [-0.3, -0.25) is 0 Å². The van der Waals surface area contributed by atoms with Crippen LogP contribution in [0.5, 0.6) is 11.5 Å². The zero-order valence-electron chi connectivity index (χ0n) is 23.6. The molecule has 0 atom stereocenters. The number of ether oxygens (including phenoxy) is 2. The van der Waals surface area contributed by atoms with Crippen molar-refractivity contribution >= 4 is 53.9 Å². The second kappa shape index (κ2) is 10.8. The predicted octanol–water partition coefficient (Wildman–Crippen LogP) is 7.74. The summed E-state index contributed by atoms with van der Waals surface area (Å²) < 4.78 is 11.7. The fourth-order valence-electron chi connectivity index (χ4n) is 6.55. The normalized spacial score (nSPS) is 13.2. The summed E-state index contributed by atoms with van der Waals surface area (Å²) in [6.45, 7) is 2.39. The Morgan fingerprint density at radius 3 is 1.63 bits per heavy atom. The smallest absolute Gasteiger partial charge is 0.129 e. The Morgan fingerprint density at radius 1 is 0.561 bits per heavy atom. The molecule has 201 valence electrons. The highest BCUT2D eigenvalue weighted by molar-refractivity contribution is 7.64. The van der Waals surface area contributed by atoms with Gasteiger partial charge in [-0.1, -0.05) is 118 Å². The first-order valence-electron chi connectivity index (χ1n) is 14.1. The molecule has 2 nitrogen and oxygen atoms in total. The number of benzene rings is 6. The molecule has 0 saturated carbocycles. The van der Waals surface area contributed by atoms with Crippen molar-refractivity contribution in [1.82, 2.24) is 0 Å². The molecule has 1 radical (unpaired) electrons. The van der Waals surface area contributed by atoms with Crippen molar-refractivity contribution in [3.05, 3.63) is 126 Å². The van der Waals surface area contributed by atoms with E-state index < -0.39 is 16.7 Å². The van der Waals surface area contributed by atoms with E-state index in [0.29, 0.717) is 0 Å². The van der Waals surface area contributed by atoms with Crippen LogP contribution in [0.2, 0.25) is 6.55 Å². The largest absolute Gasteiger partial charge is 0.497 e. The summed E-state index contributed by atoms with van der Waals surface area (Å²) in [6.07, 6.45) is 2.13. The number of rotatable bonds is 5. The third kappa shape index (κ3) is 4.45. The minimum absolute atomic E-state index is 0.505.